The summed E-state index contributed by atoms with van der Waals surface area (Å²) in [6, 6.07) is 10.9. The van der Waals surface area contributed by atoms with E-state index in [1.54, 1.807) is 7.05 Å². The highest BCUT2D eigenvalue weighted by molar-refractivity contribution is 5.94. The molecule has 0 radical (unpaired) electrons. The summed E-state index contributed by atoms with van der Waals surface area (Å²) < 4.78 is 32.1. The predicted octanol–water partition coefficient (Wildman–Crippen LogP) is 3.07. The molecule has 3 rings (SSSR count). The van der Waals surface area contributed by atoms with Gasteiger partial charge in [-0.2, -0.15) is 0 Å². The van der Waals surface area contributed by atoms with Crippen molar-refractivity contribution >= 4 is 11.6 Å². The first-order valence-electron chi connectivity index (χ1n) is 8.17. The van der Waals surface area contributed by atoms with Crippen molar-refractivity contribution in [1.82, 2.24) is 4.90 Å². The molecular weight excluding hydrogens is 326 g/mol. The number of hydrogen-bond acceptors (Lipinski definition) is 3. The molecule has 0 saturated carbocycles. The standard InChI is InChI=1S/C19H20F2N2O2/c1-22(19(24)17-7-4-15(20)12-18(17)21)13-14-2-5-16(6-3-14)23-8-10-25-11-9-23/h2-7,12H,8-11,13H2,1H3. The fourth-order valence-corrected chi connectivity index (χ4v) is 2.85. The number of rotatable bonds is 4. The van der Waals surface area contributed by atoms with Gasteiger partial charge in [0.1, 0.15) is 11.6 Å². The summed E-state index contributed by atoms with van der Waals surface area (Å²) in [7, 11) is 1.60. The van der Waals surface area contributed by atoms with E-state index in [4.69, 9.17) is 4.74 Å². The van der Waals surface area contributed by atoms with Crippen molar-refractivity contribution in [1.29, 1.82) is 0 Å². The highest BCUT2D eigenvalue weighted by atomic mass is 19.1. The number of morpholine rings is 1. The van der Waals surface area contributed by atoms with E-state index in [0.717, 1.165) is 49.7 Å². The van der Waals surface area contributed by atoms with Gasteiger partial charge in [-0.05, 0) is 29.8 Å². The van der Waals surface area contributed by atoms with E-state index in [2.05, 4.69) is 4.90 Å². The van der Waals surface area contributed by atoms with Crippen molar-refractivity contribution in [3.05, 3.63) is 65.2 Å². The van der Waals surface area contributed by atoms with E-state index in [-0.39, 0.29) is 5.56 Å². The topological polar surface area (TPSA) is 32.8 Å². The fourth-order valence-electron chi connectivity index (χ4n) is 2.85. The number of carbonyl (C=O) groups excluding carboxylic acids is 1. The Morgan fingerprint density at radius 3 is 2.44 bits per heavy atom. The third kappa shape index (κ3) is 4.14. The zero-order valence-corrected chi connectivity index (χ0v) is 14.0. The van der Waals surface area contributed by atoms with Crippen LogP contribution in [0.15, 0.2) is 42.5 Å². The second kappa shape index (κ2) is 7.61. The molecule has 6 heteroatoms. The van der Waals surface area contributed by atoms with E-state index < -0.39 is 17.5 Å². The number of ether oxygens (including phenoxy) is 1. The van der Waals surface area contributed by atoms with E-state index in [0.29, 0.717) is 6.54 Å². The Hall–Kier alpha value is -2.47. The molecule has 1 fully saturated rings. The first-order valence-corrected chi connectivity index (χ1v) is 8.17. The molecule has 0 N–H and O–H groups in total. The minimum atomic E-state index is -0.848. The van der Waals surface area contributed by atoms with Crippen LogP contribution in [0.2, 0.25) is 0 Å². The van der Waals surface area contributed by atoms with Crippen molar-refractivity contribution in [3.63, 3.8) is 0 Å². The lowest BCUT2D eigenvalue weighted by atomic mass is 10.1. The van der Waals surface area contributed by atoms with Gasteiger partial charge >= 0.3 is 0 Å². The zero-order valence-electron chi connectivity index (χ0n) is 14.0. The average Bonchev–Trinajstić information content (AvgIpc) is 2.62. The molecule has 0 aliphatic carbocycles. The number of nitrogens with zero attached hydrogens (tertiary/aromatic N) is 2. The Labute approximate surface area is 145 Å². The van der Waals surface area contributed by atoms with Crippen molar-refractivity contribution in [2.75, 3.05) is 38.3 Å². The molecule has 1 amide bonds. The summed E-state index contributed by atoms with van der Waals surface area (Å²) in [5.74, 6) is -2.02. The van der Waals surface area contributed by atoms with Crippen LogP contribution >= 0.6 is 0 Å². The second-order valence-corrected chi connectivity index (χ2v) is 6.05. The summed E-state index contributed by atoms with van der Waals surface area (Å²) in [4.78, 5) is 16.0. The van der Waals surface area contributed by atoms with Crippen LogP contribution in [-0.2, 0) is 11.3 Å². The van der Waals surface area contributed by atoms with Crippen LogP contribution in [0.3, 0.4) is 0 Å². The van der Waals surface area contributed by atoms with Crippen molar-refractivity contribution in [2.24, 2.45) is 0 Å². The van der Waals surface area contributed by atoms with Crippen LogP contribution in [0.5, 0.6) is 0 Å². The predicted molar refractivity (Wildman–Crippen MR) is 91.6 cm³/mol. The second-order valence-electron chi connectivity index (χ2n) is 6.05. The van der Waals surface area contributed by atoms with Crippen LogP contribution in [0.1, 0.15) is 15.9 Å². The van der Waals surface area contributed by atoms with E-state index in [1.165, 1.54) is 11.0 Å². The van der Waals surface area contributed by atoms with Gasteiger partial charge in [-0.3, -0.25) is 4.79 Å². The monoisotopic (exact) mass is 346 g/mol. The van der Waals surface area contributed by atoms with Crippen LogP contribution in [0.25, 0.3) is 0 Å². The number of benzene rings is 2. The molecule has 4 nitrogen and oxygen atoms in total. The number of anilines is 1. The van der Waals surface area contributed by atoms with Gasteiger partial charge in [0.15, 0.2) is 0 Å². The lowest BCUT2D eigenvalue weighted by Gasteiger charge is -2.29. The highest BCUT2D eigenvalue weighted by Crippen LogP contribution is 2.18. The molecule has 0 bridgehead atoms. The van der Waals surface area contributed by atoms with Gasteiger partial charge in [0, 0.05) is 38.4 Å². The summed E-state index contributed by atoms with van der Waals surface area (Å²) in [5.41, 5.74) is 1.93. The number of halogens is 2. The quantitative estimate of drug-likeness (QED) is 0.853. The molecule has 2 aromatic carbocycles. The Bertz CT molecular complexity index is 744. The molecule has 0 atom stereocenters. The summed E-state index contributed by atoms with van der Waals surface area (Å²) >= 11 is 0. The fraction of sp³-hybridized carbons (Fsp3) is 0.316. The maximum Gasteiger partial charge on any atom is 0.256 e. The highest BCUT2D eigenvalue weighted by Gasteiger charge is 2.17. The molecular formula is C19H20F2N2O2. The van der Waals surface area contributed by atoms with Gasteiger partial charge < -0.3 is 14.5 Å². The Morgan fingerprint density at radius 1 is 1.12 bits per heavy atom. The lowest BCUT2D eigenvalue weighted by molar-refractivity contribution is 0.0780. The Morgan fingerprint density at radius 2 is 1.80 bits per heavy atom. The Kier molecular flexibility index (Phi) is 5.28. The first kappa shape index (κ1) is 17.4. The first-order chi connectivity index (χ1) is 12.0. The molecule has 1 saturated heterocycles. The van der Waals surface area contributed by atoms with Gasteiger partial charge in [-0.15, -0.1) is 0 Å². The molecule has 0 unspecified atom stereocenters. The maximum atomic E-state index is 13.8. The summed E-state index contributed by atoms with van der Waals surface area (Å²) in [5, 5.41) is 0. The van der Waals surface area contributed by atoms with Gasteiger partial charge in [0.05, 0.1) is 18.8 Å². The van der Waals surface area contributed by atoms with Crippen molar-refractivity contribution in [2.45, 2.75) is 6.54 Å². The minimum Gasteiger partial charge on any atom is -0.378 e. The lowest BCUT2D eigenvalue weighted by Crippen LogP contribution is -2.36. The zero-order chi connectivity index (χ0) is 17.8. The van der Waals surface area contributed by atoms with Gasteiger partial charge in [0.25, 0.3) is 5.91 Å². The molecule has 2 aromatic rings. The summed E-state index contributed by atoms with van der Waals surface area (Å²) in [6.45, 7) is 3.52. The van der Waals surface area contributed by atoms with Crippen molar-refractivity contribution < 1.29 is 18.3 Å². The number of carbonyl (C=O) groups is 1. The maximum absolute atomic E-state index is 13.8. The van der Waals surface area contributed by atoms with E-state index >= 15 is 0 Å². The molecule has 0 aromatic heterocycles. The smallest absolute Gasteiger partial charge is 0.256 e. The van der Waals surface area contributed by atoms with E-state index in [1.807, 2.05) is 24.3 Å². The van der Waals surface area contributed by atoms with Crippen LogP contribution in [0, 0.1) is 11.6 Å². The third-order valence-corrected chi connectivity index (χ3v) is 4.24. The number of hydrogen-bond donors (Lipinski definition) is 0. The van der Waals surface area contributed by atoms with Crippen LogP contribution in [-0.4, -0.2) is 44.2 Å². The molecule has 1 aliphatic heterocycles. The molecule has 132 valence electrons. The molecule has 1 aliphatic rings. The molecule has 1 heterocycles. The third-order valence-electron chi connectivity index (χ3n) is 4.24. The normalized spacial score (nSPS) is 14.4. The molecule has 0 spiro atoms. The number of amides is 1. The Balaban J connectivity index is 1.65. The van der Waals surface area contributed by atoms with Crippen molar-refractivity contribution in [3.8, 4) is 0 Å². The average molecular weight is 346 g/mol. The van der Waals surface area contributed by atoms with Gasteiger partial charge in [-0.1, -0.05) is 12.1 Å². The van der Waals surface area contributed by atoms with Crippen LogP contribution < -0.4 is 4.90 Å². The van der Waals surface area contributed by atoms with Crippen LogP contribution in [0.4, 0.5) is 14.5 Å². The SMILES string of the molecule is CN(Cc1ccc(N2CCOCC2)cc1)C(=O)c1ccc(F)cc1F. The van der Waals surface area contributed by atoms with E-state index in [9.17, 15) is 13.6 Å². The molecule has 25 heavy (non-hydrogen) atoms. The van der Waals surface area contributed by atoms with Gasteiger partial charge in [0.2, 0.25) is 0 Å². The largest absolute Gasteiger partial charge is 0.378 e. The van der Waals surface area contributed by atoms with Gasteiger partial charge in [-0.25, -0.2) is 8.78 Å². The summed E-state index contributed by atoms with van der Waals surface area (Å²) in [6.07, 6.45) is 0. The minimum absolute atomic E-state index is 0.131.